The van der Waals surface area contributed by atoms with E-state index in [-0.39, 0.29) is 0 Å². The van der Waals surface area contributed by atoms with Gasteiger partial charge >= 0.3 is 0 Å². The Labute approximate surface area is 109 Å². The fraction of sp³-hybridized carbons (Fsp3) is 0.500. The zero-order valence-corrected chi connectivity index (χ0v) is 12.5. The second-order valence-corrected chi connectivity index (χ2v) is 5.58. The summed E-state index contributed by atoms with van der Waals surface area (Å²) in [5.41, 5.74) is 8.83. The van der Waals surface area contributed by atoms with E-state index in [0.29, 0.717) is 5.92 Å². The van der Waals surface area contributed by atoms with Crippen molar-refractivity contribution in [3.63, 3.8) is 0 Å². The Morgan fingerprint density at radius 3 is 1.83 bits per heavy atom. The van der Waals surface area contributed by atoms with Gasteiger partial charge in [0.25, 0.3) is 0 Å². The molecule has 2 rings (SSSR count). The van der Waals surface area contributed by atoms with Crippen LogP contribution in [-0.4, -0.2) is 10.2 Å². The molecule has 0 spiro atoms. The maximum Gasteiger partial charge on any atom is 0.0967 e. The first-order valence-electron chi connectivity index (χ1n) is 6.59. The van der Waals surface area contributed by atoms with Gasteiger partial charge in [0.15, 0.2) is 0 Å². The van der Waals surface area contributed by atoms with Crippen LogP contribution in [0.1, 0.15) is 53.3 Å². The molecule has 0 bridgehead atoms. The largest absolute Gasteiger partial charge is 0.155 e. The highest BCUT2D eigenvalue weighted by molar-refractivity contribution is 5.90. The number of fused-ring (bicyclic) bond motifs is 1. The number of hydrogen-bond acceptors (Lipinski definition) is 2. The average Bonchev–Trinajstić information content (AvgIpc) is 2.32. The van der Waals surface area contributed by atoms with Crippen LogP contribution in [0, 0.1) is 34.6 Å². The quantitative estimate of drug-likeness (QED) is 0.745. The lowest BCUT2D eigenvalue weighted by atomic mass is 9.88. The highest BCUT2D eigenvalue weighted by Crippen LogP contribution is 2.33. The van der Waals surface area contributed by atoms with E-state index in [1.54, 1.807) is 0 Å². The van der Waals surface area contributed by atoms with Crippen molar-refractivity contribution in [2.45, 2.75) is 54.4 Å². The number of benzene rings is 1. The summed E-state index contributed by atoms with van der Waals surface area (Å²) < 4.78 is 0. The SMILES string of the molecule is Cc1nnc2c(C)c(C)c(C)c(C)c2c1C(C)C. The van der Waals surface area contributed by atoms with Gasteiger partial charge in [0, 0.05) is 5.39 Å². The lowest BCUT2D eigenvalue weighted by molar-refractivity contribution is 0.835. The normalized spacial score (nSPS) is 11.6. The molecule has 96 valence electrons. The van der Waals surface area contributed by atoms with Gasteiger partial charge in [0.1, 0.15) is 0 Å². The first-order valence-corrected chi connectivity index (χ1v) is 6.59. The Balaban J connectivity index is 3.07. The van der Waals surface area contributed by atoms with Crippen molar-refractivity contribution >= 4 is 10.9 Å². The van der Waals surface area contributed by atoms with Crippen LogP contribution in [0.15, 0.2) is 0 Å². The number of aryl methyl sites for hydroxylation is 3. The van der Waals surface area contributed by atoms with Gasteiger partial charge in [-0.15, -0.1) is 5.10 Å². The van der Waals surface area contributed by atoms with E-state index < -0.39 is 0 Å². The molecule has 18 heavy (non-hydrogen) atoms. The van der Waals surface area contributed by atoms with E-state index in [9.17, 15) is 0 Å². The van der Waals surface area contributed by atoms with E-state index in [2.05, 4.69) is 58.7 Å². The van der Waals surface area contributed by atoms with E-state index in [1.165, 1.54) is 33.2 Å². The molecule has 0 atom stereocenters. The topological polar surface area (TPSA) is 25.8 Å². The van der Waals surface area contributed by atoms with E-state index in [0.717, 1.165) is 11.2 Å². The average molecular weight is 242 g/mol. The third-order valence-electron chi connectivity index (χ3n) is 4.19. The van der Waals surface area contributed by atoms with Crippen molar-refractivity contribution in [2.75, 3.05) is 0 Å². The van der Waals surface area contributed by atoms with Gasteiger partial charge in [-0.1, -0.05) is 13.8 Å². The summed E-state index contributed by atoms with van der Waals surface area (Å²) in [7, 11) is 0. The molecule has 1 aromatic carbocycles. The van der Waals surface area contributed by atoms with Crippen LogP contribution < -0.4 is 0 Å². The monoisotopic (exact) mass is 242 g/mol. The van der Waals surface area contributed by atoms with E-state index >= 15 is 0 Å². The van der Waals surface area contributed by atoms with Crippen molar-refractivity contribution in [2.24, 2.45) is 0 Å². The summed E-state index contributed by atoms with van der Waals surface area (Å²) in [6, 6.07) is 0. The lowest BCUT2D eigenvalue weighted by Gasteiger charge is -2.18. The number of nitrogens with zero attached hydrogens (tertiary/aromatic N) is 2. The Bertz CT molecular complexity index is 625. The summed E-state index contributed by atoms with van der Waals surface area (Å²) in [5, 5.41) is 10.1. The highest BCUT2D eigenvalue weighted by atomic mass is 15.1. The molecular weight excluding hydrogens is 220 g/mol. The zero-order chi connectivity index (χ0) is 13.6. The summed E-state index contributed by atoms with van der Waals surface area (Å²) in [6.07, 6.45) is 0. The summed E-state index contributed by atoms with van der Waals surface area (Å²) in [4.78, 5) is 0. The molecular formula is C16H22N2. The Morgan fingerprint density at radius 2 is 1.28 bits per heavy atom. The second kappa shape index (κ2) is 4.34. The van der Waals surface area contributed by atoms with Gasteiger partial charge in [-0.05, 0) is 68.4 Å². The molecule has 0 aliphatic heterocycles. The van der Waals surface area contributed by atoms with Gasteiger partial charge in [0.2, 0.25) is 0 Å². The fourth-order valence-corrected chi connectivity index (χ4v) is 2.81. The zero-order valence-electron chi connectivity index (χ0n) is 12.5. The maximum atomic E-state index is 4.44. The number of aromatic nitrogens is 2. The minimum atomic E-state index is 0.475. The van der Waals surface area contributed by atoms with Gasteiger partial charge in [-0.3, -0.25) is 0 Å². The fourth-order valence-electron chi connectivity index (χ4n) is 2.81. The van der Waals surface area contributed by atoms with Gasteiger partial charge in [-0.2, -0.15) is 5.10 Å². The molecule has 0 aliphatic carbocycles. The van der Waals surface area contributed by atoms with Crippen LogP contribution in [-0.2, 0) is 0 Å². The second-order valence-electron chi connectivity index (χ2n) is 5.58. The Kier molecular flexibility index (Phi) is 3.14. The Hall–Kier alpha value is -1.44. The first-order chi connectivity index (χ1) is 8.36. The van der Waals surface area contributed by atoms with Gasteiger partial charge in [-0.25, -0.2) is 0 Å². The van der Waals surface area contributed by atoms with Crippen molar-refractivity contribution in [1.29, 1.82) is 0 Å². The van der Waals surface area contributed by atoms with E-state index in [4.69, 9.17) is 0 Å². The third kappa shape index (κ3) is 1.71. The third-order valence-corrected chi connectivity index (χ3v) is 4.19. The minimum absolute atomic E-state index is 0.475. The standard InChI is InChI=1S/C16H22N2/c1-8(2)14-13(7)17-18-16-12(6)10(4)9(3)11(5)15(14)16/h8H,1-7H3. The van der Waals surface area contributed by atoms with E-state index in [1.807, 2.05) is 0 Å². The smallest absolute Gasteiger partial charge is 0.0967 e. The molecule has 0 fully saturated rings. The van der Waals surface area contributed by atoms with Gasteiger partial charge < -0.3 is 0 Å². The molecule has 0 aliphatic rings. The molecule has 0 N–H and O–H groups in total. The highest BCUT2D eigenvalue weighted by Gasteiger charge is 2.17. The lowest BCUT2D eigenvalue weighted by Crippen LogP contribution is -2.05. The molecule has 0 amide bonds. The molecule has 0 saturated carbocycles. The van der Waals surface area contributed by atoms with Crippen LogP contribution in [0.4, 0.5) is 0 Å². The first kappa shape index (κ1) is 13.0. The molecule has 0 radical (unpaired) electrons. The van der Waals surface area contributed by atoms with Crippen LogP contribution >= 0.6 is 0 Å². The van der Waals surface area contributed by atoms with Gasteiger partial charge in [0.05, 0.1) is 11.2 Å². The molecule has 1 heterocycles. The predicted octanol–water partition coefficient (Wildman–Crippen LogP) is 4.30. The summed E-state index contributed by atoms with van der Waals surface area (Å²) in [5.74, 6) is 0.475. The number of rotatable bonds is 1. The van der Waals surface area contributed by atoms with Crippen molar-refractivity contribution in [3.8, 4) is 0 Å². The van der Waals surface area contributed by atoms with Crippen molar-refractivity contribution < 1.29 is 0 Å². The molecule has 2 heteroatoms. The van der Waals surface area contributed by atoms with Crippen molar-refractivity contribution in [1.82, 2.24) is 10.2 Å². The van der Waals surface area contributed by atoms with Crippen LogP contribution in [0.3, 0.4) is 0 Å². The molecule has 0 saturated heterocycles. The van der Waals surface area contributed by atoms with Crippen molar-refractivity contribution in [3.05, 3.63) is 33.5 Å². The predicted molar refractivity (Wildman–Crippen MR) is 77.3 cm³/mol. The maximum absolute atomic E-state index is 4.44. The summed E-state index contributed by atoms with van der Waals surface area (Å²) >= 11 is 0. The molecule has 0 unspecified atom stereocenters. The summed E-state index contributed by atoms with van der Waals surface area (Å²) in [6.45, 7) is 15.3. The molecule has 1 aromatic heterocycles. The van der Waals surface area contributed by atoms with Crippen LogP contribution in [0.2, 0.25) is 0 Å². The Morgan fingerprint density at radius 1 is 0.722 bits per heavy atom. The molecule has 2 aromatic rings. The van der Waals surface area contributed by atoms with Crippen LogP contribution in [0.5, 0.6) is 0 Å². The molecule has 2 nitrogen and oxygen atoms in total. The van der Waals surface area contributed by atoms with Crippen LogP contribution in [0.25, 0.3) is 10.9 Å². The minimum Gasteiger partial charge on any atom is -0.155 e. The number of hydrogen-bond donors (Lipinski definition) is 0.